The largest absolute Gasteiger partial charge is 0.0628 e. The molecule has 0 aromatic rings. The summed E-state index contributed by atoms with van der Waals surface area (Å²) in [6.45, 7) is 9.53. The van der Waals surface area contributed by atoms with Gasteiger partial charge in [0.25, 0.3) is 0 Å². The molecule has 0 heteroatoms. The first-order valence-corrected chi connectivity index (χ1v) is 5.11. The minimum absolute atomic E-state index is 0.896. The fourth-order valence-corrected chi connectivity index (χ4v) is 2.41. The van der Waals surface area contributed by atoms with Gasteiger partial charge in [-0.25, -0.2) is 0 Å². The van der Waals surface area contributed by atoms with Crippen molar-refractivity contribution >= 4 is 0 Å². The maximum absolute atomic E-state index is 2.44. The van der Waals surface area contributed by atoms with Crippen LogP contribution in [0.15, 0.2) is 0 Å². The van der Waals surface area contributed by atoms with Gasteiger partial charge < -0.3 is 0 Å². The van der Waals surface area contributed by atoms with Crippen LogP contribution in [0.25, 0.3) is 0 Å². The average molecular weight is 154 g/mol. The highest BCUT2D eigenvalue weighted by atomic mass is 14.3. The third kappa shape index (κ3) is 2.21. The van der Waals surface area contributed by atoms with Crippen LogP contribution in [-0.4, -0.2) is 0 Å². The molecule has 0 aliphatic heterocycles. The van der Waals surface area contributed by atoms with Gasteiger partial charge in [-0.1, -0.05) is 34.1 Å². The fraction of sp³-hybridized carbons (Fsp3) is 1.00. The van der Waals surface area contributed by atoms with E-state index in [4.69, 9.17) is 0 Å². The van der Waals surface area contributed by atoms with Crippen LogP contribution in [-0.2, 0) is 0 Å². The highest BCUT2D eigenvalue weighted by molar-refractivity contribution is 4.79. The molecule has 0 spiro atoms. The summed E-state index contributed by atoms with van der Waals surface area (Å²) in [5, 5.41) is 0. The van der Waals surface area contributed by atoms with Crippen molar-refractivity contribution in [1.82, 2.24) is 0 Å². The summed E-state index contributed by atoms with van der Waals surface area (Å²) in [5.41, 5.74) is 0. The van der Waals surface area contributed by atoms with E-state index in [9.17, 15) is 0 Å². The van der Waals surface area contributed by atoms with E-state index < -0.39 is 0 Å². The molecule has 1 fully saturated rings. The zero-order chi connectivity index (χ0) is 8.43. The molecule has 66 valence electrons. The second kappa shape index (κ2) is 3.60. The van der Waals surface area contributed by atoms with E-state index >= 15 is 0 Å². The second-order valence-corrected chi connectivity index (χ2v) is 4.80. The Labute approximate surface area is 71.4 Å². The van der Waals surface area contributed by atoms with Gasteiger partial charge in [0.05, 0.1) is 0 Å². The lowest BCUT2D eigenvalue weighted by molar-refractivity contribution is 0.307. The van der Waals surface area contributed by atoms with Gasteiger partial charge in [0.1, 0.15) is 0 Å². The summed E-state index contributed by atoms with van der Waals surface area (Å²) < 4.78 is 0. The van der Waals surface area contributed by atoms with Crippen LogP contribution >= 0.6 is 0 Å². The second-order valence-electron chi connectivity index (χ2n) is 4.80. The molecule has 3 atom stereocenters. The molecular weight excluding hydrogens is 132 g/mol. The Balaban J connectivity index is 2.36. The van der Waals surface area contributed by atoms with Gasteiger partial charge in [-0.3, -0.25) is 0 Å². The maximum atomic E-state index is 2.44. The Morgan fingerprint density at radius 3 is 2.18 bits per heavy atom. The average Bonchev–Trinajstić information content (AvgIpc) is 2.18. The Morgan fingerprint density at radius 2 is 1.82 bits per heavy atom. The van der Waals surface area contributed by atoms with Crippen molar-refractivity contribution < 1.29 is 0 Å². The first-order chi connectivity index (χ1) is 5.11. The third-order valence-electron chi connectivity index (χ3n) is 3.41. The maximum Gasteiger partial charge on any atom is -0.0383 e. The highest BCUT2D eigenvalue weighted by Crippen LogP contribution is 2.39. The van der Waals surface area contributed by atoms with E-state index in [0.717, 1.165) is 23.7 Å². The van der Waals surface area contributed by atoms with Crippen molar-refractivity contribution in [2.45, 2.75) is 47.0 Å². The molecule has 0 amide bonds. The summed E-state index contributed by atoms with van der Waals surface area (Å²) in [5.74, 6) is 3.90. The van der Waals surface area contributed by atoms with Crippen LogP contribution in [0.1, 0.15) is 47.0 Å². The summed E-state index contributed by atoms with van der Waals surface area (Å²) in [7, 11) is 0. The smallest absolute Gasteiger partial charge is 0.0383 e. The SMILES string of the molecule is CC(C)CC1CC[C@@H](C)C1C. The summed E-state index contributed by atoms with van der Waals surface area (Å²) in [6.07, 6.45) is 4.41. The predicted molar refractivity (Wildman–Crippen MR) is 50.5 cm³/mol. The molecule has 0 aromatic carbocycles. The molecular formula is C11H22. The lowest BCUT2D eigenvalue weighted by Gasteiger charge is -2.19. The van der Waals surface area contributed by atoms with Crippen LogP contribution < -0.4 is 0 Å². The topological polar surface area (TPSA) is 0 Å². The van der Waals surface area contributed by atoms with Crippen LogP contribution in [0.3, 0.4) is 0 Å². The van der Waals surface area contributed by atoms with Gasteiger partial charge in [0.15, 0.2) is 0 Å². The van der Waals surface area contributed by atoms with E-state index in [1.807, 2.05) is 0 Å². The molecule has 1 aliphatic carbocycles. The summed E-state index contributed by atoms with van der Waals surface area (Å²) in [4.78, 5) is 0. The van der Waals surface area contributed by atoms with Gasteiger partial charge in [-0.05, 0) is 36.5 Å². The minimum Gasteiger partial charge on any atom is -0.0628 e. The van der Waals surface area contributed by atoms with Crippen LogP contribution in [0.4, 0.5) is 0 Å². The van der Waals surface area contributed by atoms with E-state index in [0.29, 0.717) is 0 Å². The normalized spacial score (nSPS) is 38.5. The molecule has 11 heavy (non-hydrogen) atoms. The van der Waals surface area contributed by atoms with Gasteiger partial charge in [0, 0.05) is 0 Å². The zero-order valence-electron chi connectivity index (χ0n) is 8.43. The molecule has 0 radical (unpaired) electrons. The standard InChI is InChI=1S/C11H22/c1-8(2)7-11-6-5-9(3)10(11)4/h8-11H,5-7H2,1-4H3/t9-,10?,11?/m1/s1. The Kier molecular flexibility index (Phi) is 2.98. The number of rotatable bonds is 2. The first kappa shape index (κ1) is 9.09. The molecule has 1 aliphatic rings. The molecule has 0 N–H and O–H groups in total. The van der Waals surface area contributed by atoms with Crippen molar-refractivity contribution in [2.24, 2.45) is 23.7 Å². The van der Waals surface area contributed by atoms with Crippen LogP contribution in [0.5, 0.6) is 0 Å². The predicted octanol–water partition coefficient (Wildman–Crippen LogP) is 3.71. The Hall–Kier alpha value is 0. The van der Waals surface area contributed by atoms with E-state index in [2.05, 4.69) is 27.7 Å². The summed E-state index contributed by atoms with van der Waals surface area (Å²) in [6, 6.07) is 0. The van der Waals surface area contributed by atoms with Gasteiger partial charge >= 0.3 is 0 Å². The van der Waals surface area contributed by atoms with Gasteiger partial charge in [0.2, 0.25) is 0 Å². The minimum atomic E-state index is 0.896. The Bertz CT molecular complexity index is 115. The van der Waals surface area contributed by atoms with Crippen molar-refractivity contribution in [1.29, 1.82) is 0 Å². The van der Waals surface area contributed by atoms with Crippen molar-refractivity contribution in [3.05, 3.63) is 0 Å². The van der Waals surface area contributed by atoms with E-state index in [-0.39, 0.29) is 0 Å². The van der Waals surface area contributed by atoms with Gasteiger partial charge in [-0.2, -0.15) is 0 Å². The lowest BCUT2D eigenvalue weighted by Crippen LogP contribution is -2.10. The monoisotopic (exact) mass is 154 g/mol. The quantitative estimate of drug-likeness (QED) is 0.568. The van der Waals surface area contributed by atoms with Crippen molar-refractivity contribution in [3.8, 4) is 0 Å². The third-order valence-corrected chi connectivity index (χ3v) is 3.41. The summed E-state index contributed by atoms with van der Waals surface area (Å²) >= 11 is 0. The molecule has 0 bridgehead atoms. The lowest BCUT2D eigenvalue weighted by atomic mass is 9.86. The van der Waals surface area contributed by atoms with E-state index in [1.54, 1.807) is 0 Å². The van der Waals surface area contributed by atoms with Crippen molar-refractivity contribution in [3.63, 3.8) is 0 Å². The highest BCUT2D eigenvalue weighted by Gasteiger charge is 2.29. The zero-order valence-corrected chi connectivity index (χ0v) is 8.43. The van der Waals surface area contributed by atoms with E-state index in [1.165, 1.54) is 19.3 Å². The van der Waals surface area contributed by atoms with Crippen molar-refractivity contribution in [2.75, 3.05) is 0 Å². The Morgan fingerprint density at radius 1 is 1.18 bits per heavy atom. The molecule has 1 saturated carbocycles. The number of hydrogen-bond acceptors (Lipinski definition) is 0. The molecule has 2 unspecified atom stereocenters. The first-order valence-electron chi connectivity index (χ1n) is 5.11. The van der Waals surface area contributed by atoms with Gasteiger partial charge in [-0.15, -0.1) is 0 Å². The molecule has 1 rings (SSSR count). The molecule has 0 heterocycles. The fourth-order valence-electron chi connectivity index (χ4n) is 2.41. The van der Waals surface area contributed by atoms with Crippen LogP contribution in [0.2, 0.25) is 0 Å². The molecule has 0 saturated heterocycles. The van der Waals surface area contributed by atoms with Crippen LogP contribution in [0, 0.1) is 23.7 Å². The molecule has 0 aromatic heterocycles. The molecule has 0 nitrogen and oxygen atoms in total. The number of hydrogen-bond donors (Lipinski definition) is 0.